The number of benzene rings is 1. The number of aliphatic hydroxyl groups is 1. The zero-order chi connectivity index (χ0) is 25.2. The molecule has 0 spiro atoms. The number of ether oxygens (including phenoxy) is 2. The third kappa shape index (κ3) is 5.45. The summed E-state index contributed by atoms with van der Waals surface area (Å²) in [4.78, 5) is 28.8. The topological polar surface area (TPSA) is 112 Å². The molecule has 12 heteroatoms. The Hall–Kier alpha value is -3.22. The molecule has 36 heavy (non-hydrogen) atoms. The summed E-state index contributed by atoms with van der Waals surface area (Å²) in [7, 11) is 0. The molecule has 2 fully saturated rings. The third-order valence-electron chi connectivity index (χ3n) is 6.63. The van der Waals surface area contributed by atoms with Gasteiger partial charge in [-0.3, -0.25) is 19.3 Å². The van der Waals surface area contributed by atoms with E-state index in [0.29, 0.717) is 50.8 Å². The molecule has 3 aliphatic rings. The van der Waals surface area contributed by atoms with Gasteiger partial charge in [-0.1, -0.05) is 0 Å². The van der Waals surface area contributed by atoms with E-state index in [1.54, 1.807) is 16.8 Å². The van der Waals surface area contributed by atoms with E-state index in [9.17, 15) is 14.7 Å². The zero-order valence-electron chi connectivity index (χ0n) is 20.2. The van der Waals surface area contributed by atoms with Crippen LogP contribution >= 0.6 is 0 Å². The first-order valence-corrected chi connectivity index (χ1v) is 12.2. The second kappa shape index (κ2) is 10.4. The number of hydrogen-bond donors (Lipinski definition) is 2. The summed E-state index contributed by atoms with van der Waals surface area (Å²) in [6, 6.07) is 4.68. The van der Waals surface area contributed by atoms with Gasteiger partial charge in [0.05, 0.1) is 62.6 Å². The van der Waals surface area contributed by atoms with Crippen LogP contribution in [-0.4, -0.2) is 89.9 Å². The van der Waals surface area contributed by atoms with E-state index in [4.69, 9.17) is 9.47 Å². The second-order valence-electron chi connectivity index (χ2n) is 9.44. The molecule has 2 atom stereocenters. The van der Waals surface area contributed by atoms with Crippen molar-refractivity contribution >= 4 is 23.4 Å². The van der Waals surface area contributed by atoms with Crippen LogP contribution in [0.4, 0.5) is 20.6 Å². The Kier molecular flexibility index (Phi) is 7.08. The van der Waals surface area contributed by atoms with Crippen molar-refractivity contribution in [3.63, 3.8) is 0 Å². The number of amides is 2. The molecule has 0 radical (unpaired) electrons. The molecule has 3 aliphatic heterocycles. The van der Waals surface area contributed by atoms with Gasteiger partial charge in [0.25, 0.3) is 0 Å². The van der Waals surface area contributed by atoms with E-state index in [0.717, 1.165) is 24.3 Å². The van der Waals surface area contributed by atoms with Crippen LogP contribution in [0.25, 0.3) is 0 Å². The standard InChI is InChI=1S/C24H31FN6O5/c1-16(32)26-9-20-14-31(24(34)36-20)18-2-3-23(21(25)8-18)29-10-17-11-30(27-22(17)15-29)13-19(33)12-28-4-6-35-7-5-28/h2-3,8,11,19-20,33H,4-7,9-10,12-15H2,1H3,(H,26,32)/t19-,20+/m1/s1. The molecule has 4 heterocycles. The number of β-amino-alcohol motifs (C(OH)–C–C–N with tert-alkyl or cyclic N) is 1. The van der Waals surface area contributed by atoms with Crippen molar-refractivity contribution in [2.24, 2.45) is 0 Å². The van der Waals surface area contributed by atoms with E-state index in [1.807, 2.05) is 11.1 Å². The lowest BCUT2D eigenvalue weighted by atomic mass is 10.2. The van der Waals surface area contributed by atoms with Crippen molar-refractivity contribution in [2.45, 2.75) is 38.8 Å². The van der Waals surface area contributed by atoms with Gasteiger partial charge in [0, 0.05) is 44.9 Å². The Balaban J connectivity index is 1.17. The average Bonchev–Trinajstić information content (AvgIpc) is 3.51. The maximum Gasteiger partial charge on any atom is 0.414 e. The fourth-order valence-electron chi connectivity index (χ4n) is 4.85. The Morgan fingerprint density at radius 3 is 2.81 bits per heavy atom. The first-order valence-electron chi connectivity index (χ1n) is 12.2. The molecule has 5 rings (SSSR count). The minimum Gasteiger partial charge on any atom is -0.442 e. The van der Waals surface area contributed by atoms with Crippen molar-refractivity contribution in [3.05, 3.63) is 41.5 Å². The van der Waals surface area contributed by atoms with Gasteiger partial charge in [-0.15, -0.1) is 0 Å². The Morgan fingerprint density at radius 2 is 2.08 bits per heavy atom. The number of anilines is 2. The van der Waals surface area contributed by atoms with Gasteiger partial charge in [0.1, 0.15) is 11.9 Å². The smallest absolute Gasteiger partial charge is 0.414 e. The minimum atomic E-state index is -0.566. The van der Waals surface area contributed by atoms with Crippen LogP contribution in [0.15, 0.2) is 24.4 Å². The number of hydrogen-bond acceptors (Lipinski definition) is 8. The maximum atomic E-state index is 15.1. The number of carbonyl (C=O) groups is 2. The summed E-state index contributed by atoms with van der Waals surface area (Å²) in [5.41, 5.74) is 2.70. The van der Waals surface area contributed by atoms with E-state index < -0.39 is 24.1 Å². The fraction of sp³-hybridized carbons (Fsp3) is 0.542. The van der Waals surface area contributed by atoms with Crippen molar-refractivity contribution in [1.82, 2.24) is 20.0 Å². The predicted molar refractivity (Wildman–Crippen MR) is 128 cm³/mol. The van der Waals surface area contributed by atoms with Gasteiger partial charge in [-0.2, -0.15) is 5.10 Å². The summed E-state index contributed by atoms with van der Waals surface area (Å²) >= 11 is 0. The van der Waals surface area contributed by atoms with Crippen LogP contribution in [0.5, 0.6) is 0 Å². The van der Waals surface area contributed by atoms with Gasteiger partial charge >= 0.3 is 6.09 Å². The number of halogens is 1. The molecule has 1 aromatic heterocycles. The number of nitrogens with zero attached hydrogens (tertiary/aromatic N) is 5. The monoisotopic (exact) mass is 502 g/mol. The van der Waals surface area contributed by atoms with Crippen LogP contribution in [-0.2, 0) is 33.9 Å². The van der Waals surface area contributed by atoms with Crippen molar-refractivity contribution in [3.8, 4) is 0 Å². The number of nitrogens with one attached hydrogen (secondary N) is 1. The molecule has 0 unspecified atom stereocenters. The summed E-state index contributed by atoms with van der Waals surface area (Å²) in [6.45, 7) is 6.82. The number of fused-ring (bicyclic) bond motifs is 1. The Labute approximate surface area is 208 Å². The van der Waals surface area contributed by atoms with Crippen LogP contribution in [0.2, 0.25) is 0 Å². The van der Waals surface area contributed by atoms with Gasteiger partial charge in [0.2, 0.25) is 5.91 Å². The van der Waals surface area contributed by atoms with E-state index in [1.165, 1.54) is 17.9 Å². The number of cyclic esters (lactones) is 1. The lowest BCUT2D eigenvalue weighted by Crippen LogP contribution is -2.42. The second-order valence-corrected chi connectivity index (χ2v) is 9.44. The molecular weight excluding hydrogens is 471 g/mol. The average molecular weight is 503 g/mol. The normalized spacial score (nSPS) is 21.0. The van der Waals surface area contributed by atoms with Crippen LogP contribution in [0, 0.1) is 5.82 Å². The van der Waals surface area contributed by atoms with Gasteiger partial charge in [0.15, 0.2) is 0 Å². The largest absolute Gasteiger partial charge is 0.442 e. The molecule has 1 aromatic carbocycles. The Morgan fingerprint density at radius 1 is 1.28 bits per heavy atom. The van der Waals surface area contributed by atoms with Crippen molar-refractivity contribution in [1.29, 1.82) is 0 Å². The first kappa shape index (κ1) is 24.5. The van der Waals surface area contributed by atoms with Gasteiger partial charge in [-0.25, -0.2) is 9.18 Å². The summed E-state index contributed by atoms with van der Waals surface area (Å²) in [5.74, 6) is -0.646. The number of aliphatic hydroxyl groups excluding tert-OH is 1. The summed E-state index contributed by atoms with van der Waals surface area (Å²) in [5, 5.41) is 17.7. The summed E-state index contributed by atoms with van der Waals surface area (Å²) in [6.07, 6.45) is 0.338. The number of morpholine rings is 1. The predicted octanol–water partition coefficient (Wildman–Crippen LogP) is 0.697. The maximum absolute atomic E-state index is 15.1. The molecule has 2 saturated heterocycles. The molecule has 11 nitrogen and oxygen atoms in total. The lowest BCUT2D eigenvalue weighted by molar-refractivity contribution is -0.119. The number of aromatic nitrogens is 2. The Bertz CT molecular complexity index is 1100. The third-order valence-corrected chi connectivity index (χ3v) is 6.63. The number of rotatable bonds is 8. The number of carbonyl (C=O) groups excluding carboxylic acids is 2. The van der Waals surface area contributed by atoms with Crippen LogP contribution < -0.4 is 15.1 Å². The van der Waals surface area contributed by atoms with E-state index in [2.05, 4.69) is 15.3 Å². The van der Waals surface area contributed by atoms with Gasteiger partial charge < -0.3 is 24.8 Å². The zero-order valence-corrected chi connectivity index (χ0v) is 20.2. The molecule has 0 bridgehead atoms. The molecule has 0 saturated carbocycles. The highest BCUT2D eigenvalue weighted by molar-refractivity contribution is 5.90. The molecular formula is C24H31FN6O5. The molecule has 194 valence electrons. The quantitative estimate of drug-likeness (QED) is 0.543. The summed E-state index contributed by atoms with van der Waals surface area (Å²) < 4.78 is 27.5. The molecule has 2 amide bonds. The molecule has 0 aliphatic carbocycles. The highest BCUT2D eigenvalue weighted by atomic mass is 19.1. The highest BCUT2D eigenvalue weighted by Crippen LogP contribution is 2.32. The lowest BCUT2D eigenvalue weighted by Gasteiger charge is -2.28. The van der Waals surface area contributed by atoms with E-state index in [-0.39, 0.29) is 19.0 Å². The highest BCUT2D eigenvalue weighted by Gasteiger charge is 2.33. The van der Waals surface area contributed by atoms with Crippen LogP contribution in [0.3, 0.4) is 0 Å². The minimum absolute atomic E-state index is 0.206. The molecule has 2 N–H and O–H groups in total. The SMILES string of the molecule is CC(=O)NC[C@H]1CN(c2ccc(N3Cc4cn(C[C@H](O)CN5CCOCC5)nc4C3)c(F)c2)C(=O)O1. The molecule has 2 aromatic rings. The van der Waals surface area contributed by atoms with Crippen LogP contribution in [0.1, 0.15) is 18.2 Å². The van der Waals surface area contributed by atoms with E-state index >= 15 is 4.39 Å². The first-order chi connectivity index (χ1) is 17.4. The fourth-order valence-corrected chi connectivity index (χ4v) is 4.85. The van der Waals surface area contributed by atoms with Gasteiger partial charge in [-0.05, 0) is 18.2 Å². The van der Waals surface area contributed by atoms with Crippen molar-refractivity contribution < 1.29 is 28.6 Å². The van der Waals surface area contributed by atoms with Crippen molar-refractivity contribution in [2.75, 3.05) is 55.7 Å².